The molecule has 5 amide bonds. The first-order valence-electron chi connectivity index (χ1n) is 11.6. The molecule has 0 bridgehead atoms. The van der Waals surface area contributed by atoms with Gasteiger partial charge in [-0.3, -0.25) is 34.2 Å². The standard InChI is InChI=1S/C25H25N5O5.2ClH/c31-20-7-6-19(23(33)29-20)30-24(34)17-2-1-3-18(22(17)25(30)35)27-13-21(32)28-11-14-4-5-16-12-26-9-8-15(16)10-14;;/h1-5,10,19,26-27H,6-9,11-13H2,(H,28,32)(H,29,31,33);2*1H. The summed E-state index contributed by atoms with van der Waals surface area (Å²) in [7, 11) is 0. The molecule has 0 saturated carbocycles. The molecule has 0 aromatic heterocycles. The summed E-state index contributed by atoms with van der Waals surface area (Å²) < 4.78 is 0. The van der Waals surface area contributed by atoms with Crippen LogP contribution in [0.1, 0.15) is 50.2 Å². The number of benzene rings is 2. The minimum atomic E-state index is -1.04. The Labute approximate surface area is 225 Å². The van der Waals surface area contributed by atoms with Gasteiger partial charge in [-0.25, -0.2) is 0 Å². The molecule has 2 aromatic rings. The average Bonchev–Trinajstić information content (AvgIpc) is 3.11. The van der Waals surface area contributed by atoms with Crippen molar-refractivity contribution in [2.75, 3.05) is 18.4 Å². The first kappa shape index (κ1) is 28.1. The third kappa shape index (κ3) is 5.61. The second kappa shape index (κ2) is 11.7. The third-order valence-electron chi connectivity index (χ3n) is 6.55. The number of hydrogen-bond donors (Lipinski definition) is 4. The van der Waals surface area contributed by atoms with Crippen molar-refractivity contribution in [2.45, 2.75) is 38.4 Å². The lowest BCUT2D eigenvalue weighted by atomic mass is 9.98. The van der Waals surface area contributed by atoms with E-state index in [4.69, 9.17) is 0 Å². The summed E-state index contributed by atoms with van der Waals surface area (Å²) in [6.45, 7) is 2.09. The summed E-state index contributed by atoms with van der Waals surface area (Å²) in [5, 5.41) is 11.3. The number of carbonyl (C=O) groups is 5. The maximum Gasteiger partial charge on any atom is 0.264 e. The first-order valence-corrected chi connectivity index (χ1v) is 11.6. The van der Waals surface area contributed by atoms with Crippen LogP contribution in [0.25, 0.3) is 0 Å². The molecule has 0 aliphatic carbocycles. The maximum absolute atomic E-state index is 13.1. The lowest BCUT2D eigenvalue weighted by Gasteiger charge is -2.27. The van der Waals surface area contributed by atoms with Gasteiger partial charge in [0.05, 0.1) is 17.7 Å². The van der Waals surface area contributed by atoms with Gasteiger partial charge in [0, 0.05) is 25.2 Å². The number of hydrogen-bond acceptors (Lipinski definition) is 7. The molecule has 1 atom stereocenters. The van der Waals surface area contributed by atoms with E-state index in [1.807, 2.05) is 6.07 Å². The van der Waals surface area contributed by atoms with Crippen LogP contribution in [0.4, 0.5) is 5.69 Å². The normalized spacial score (nSPS) is 18.2. The highest BCUT2D eigenvalue weighted by molar-refractivity contribution is 6.25. The van der Waals surface area contributed by atoms with Crippen molar-refractivity contribution in [1.29, 1.82) is 0 Å². The smallest absolute Gasteiger partial charge is 0.264 e. The van der Waals surface area contributed by atoms with Crippen molar-refractivity contribution in [3.63, 3.8) is 0 Å². The molecule has 0 spiro atoms. The van der Waals surface area contributed by atoms with Gasteiger partial charge in [0.15, 0.2) is 0 Å². The van der Waals surface area contributed by atoms with Crippen LogP contribution in [-0.4, -0.2) is 53.6 Å². The van der Waals surface area contributed by atoms with Crippen LogP contribution < -0.4 is 21.3 Å². The van der Waals surface area contributed by atoms with Gasteiger partial charge in [0.1, 0.15) is 6.04 Å². The van der Waals surface area contributed by atoms with E-state index in [0.29, 0.717) is 12.2 Å². The Bertz CT molecular complexity index is 1270. The second-order valence-corrected chi connectivity index (χ2v) is 8.84. The van der Waals surface area contributed by atoms with Gasteiger partial charge in [-0.2, -0.15) is 0 Å². The number of imide groups is 2. The monoisotopic (exact) mass is 547 g/mol. The average molecular weight is 548 g/mol. The summed E-state index contributed by atoms with van der Waals surface area (Å²) in [6.07, 6.45) is 1.09. The highest BCUT2D eigenvalue weighted by Gasteiger charge is 2.45. The van der Waals surface area contributed by atoms with Gasteiger partial charge in [-0.05, 0) is 48.2 Å². The fraction of sp³-hybridized carbons (Fsp3) is 0.320. The van der Waals surface area contributed by atoms with Gasteiger partial charge < -0.3 is 16.0 Å². The van der Waals surface area contributed by atoms with E-state index in [1.54, 1.807) is 12.1 Å². The van der Waals surface area contributed by atoms with Crippen molar-refractivity contribution < 1.29 is 24.0 Å². The largest absolute Gasteiger partial charge is 0.375 e. The Kier molecular flexibility index (Phi) is 8.90. The molecule has 2 aromatic carbocycles. The Morgan fingerprint density at radius 3 is 2.59 bits per heavy atom. The summed E-state index contributed by atoms with van der Waals surface area (Å²) in [5.41, 5.74) is 4.20. The molecule has 12 heteroatoms. The summed E-state index contributed by atoms with van der Waals surface area (Å²) in [4.78, 5) is 63.1. The molecule has 1 fully saturated rings. The van der Waals surface area contributed by atoms with Gasteiger partial charge in [0.25, 0.3) is 11.8 Å². The minimum absolute atomic E-state index is 0. The van der Waals surface area contributed by atoms with Gasteiger partial charge >= 0.3 is 0 Å². The van der Waals surface area contributed by atoms with Crippen LogP contribution in [0.15, 0.2) is 36.4 Å². The molecule has 3 aliphatic heterocycles. The SMILES string of the molecule is Cl.Cl.O=C(CNc1cccc2c1C(=O)N(C1CCC(=O)NC1=O)C2=O)NCc1ccc2c(c1)CCNC2. The Morgan fingerprint density at radius 2 is 1.81 bits per heavy atom. The highest BCUT2D eigenvalue weighted by Crippen LogP contribution is 2.32. The molecule has 5 rings (SSSR count). The van der Waals surface area contributed by atoms with Crippen molar-refractivity contribution in [1.82, 2.24) is 20.9 Å². The molecule has 3 heterocycles. The van der Waals surface area contributed by atoms with Gasteiger partial charge in [0.2, 0.25) is 17.7 Å². The Morgan fingerprint density at radius 1 is 1.00 bits per heavy atom. The van der Waals surface area contributed by atoms with Crippen LogP contribution in [0.3, 0.4) is 0 Å². The van der Waals surface area contributed by atoms with Crippen molar-refractivity contribution in [3.8, 4) is 0 Å². The molecule has 37 heavy (non-hydrogen) atoms. The fourth-order valence-electron chi connectivity index (χ4n) is 4.74. The first-order chi connectivity index (χ1) is 16.9. The highest BCUT2D eigenvalue weighted by atomic mass is 35.5. The zero-order chi connectivity index (χ0) is 24.5. The predicted octanol–water partition coefficient (Wildman–Crippen LogP) is 1.31. The number of halogens is 2. The molecule has 3 aliphatic rings. The van der Waals surface area contributed by atoms with E-state index >= 15 is 0 Å². The lowest BCUT2D eigenvalue weighted by molar-refractivity contribution is -0.136. The number of amides is 5. The van der Waals surface area contributed by atoms with E-state index in [2.05, 4.69) is 33.4 Å². The van der Waals surface area contributed by atoms with E-state index in [1.165, 1.54) is 17.2 Å². The third-order valence-corrected chi connectivity index (χ3v) is 6.55. The minimum Gasteiger partial charge on any atom is -0.375 e. The number of nitrogens with one attached hydrogen (secondary N) is 4. The van der Waals surface area contributed by atoms with E-state index < -0.39 is 29.7 Å². The molecule has 1 unspecified atom stereocenters. The molecule has 1 saturated heterocycles. The summed E-state index contributed by atoms with van der Waals surface area (Å²) in [5.74, 6) is -2.56. The Hall–Kier alpha value is -3.47. The molecule has 0 radical (unpaired) electrons. The van der Waals surface area contributed by atoms with Crippen LogP contribution in [0.2, 0.25) is 0 Å². The second-order valence-electron chi connectivity index (χ2n) is 8.84. The quantitative estimate of drug-likeness (QED) is 0.400. The van der Waals surface area contributed by atoms with Crippen LogP contribution in [0.5, 0.6) is 0 Å². The number of carbonyl (C=O) groups excluding carboxylic acids is 5. The number of rotatable bonds is 6. The summed E-state index contributed by atoms with van der Waals surface area (Å²) in [6, 6.07) is 9.88. The maximum atomic E-state index is 13.1. The van der Waals surface area contributed by atoms with E-state index in [0.717, 1.165) is 30.0 Å². The number of anilines is 1. The van der Waals surface area contributed by atoms with Gasteiger partial charge in [-0.15, -0.1) is 24.8 Å². The van der Waals surface area contributed by atoms with Crippen LogP contribution in [0, 0.1) is 0 Å². The van der Waals surface area contributed by atoms with Crippen molar-refractivity contribution in [2.24, 2.45) is 0 Å². The zero-order valence-electron chi connectivity index (χ0n) is 19.8. The van der Waals surface area contributed by atoms with Crippen molar-refractivity contribution >= 4 is 60.0 Å². The summed E-state index contributed by atoms with van der Waals surface area (Å²) >= 11 is 0. The molecule has 196 valence electrons. The Balaban J connectivity index is 0.00000190. The van der Waals surface area contributed by atoms with E-state index in [-0.39, 0.29) is 61.2 Å². The van der Waals surface area contributed by atoms with Gasteiger partial charge in [-0.1, -0.05) is 24.3 Å². The number of fused-ring (bicyclic) bond motifs is 2. The molecular weight excluding hydrogens is 521 g/mol. The van der Waals surface area contributed by atoms with E-state index in [9.17, 15) is 24.0 Å². The topological polar surface area (TPSA) is 137 Å². The molecular formula is C25H27Cl2N5O5. The zero-order valence-corrected chi connectivity index (χ0v) is 21.4. The van der Waals surface area contributed by atoms with Crippen LogP contribution in [-0.2, 0) is 33.9 Å². The van der Waals surface area contributed by atoms with Crippen LogP contribution >= 0.6 is 24.8 Å². The number of piperidine rings is 1. The lowest BCUT2D eigenvalue weighted by Crippen LogP contribution is -2.54. The van der Waals surface area contributed by atoms with Crippen molar-refractivity contribution in [3.05, 3.63) is 64.2 Å². The molecule has 10 nitrogen and oxygen atoms in total. The fourth-order valence-corrected chi connectivity index (χ4v) is 4.74. The molecule has 4 N–H and O–H groups in total. The predicted molar refractivity (Wildman–Crippen MR) is 140 cm³/mol. The number of nitrogens with zero attached hydrogens (tertiary/aromatic N) is 1.